The molecule has 0 spiro atoms. The molecule has 1 atom stereocenters. The highest BCUT2D eigenvalue weighted by atomic mass is 19.1. The Morgan fingerprint density at radius 3 is 2.88 bits per heavy atom. The molecule has 26 heavy (non-hydrogen) atoms. The molecule has 0 saturated carbocycles. The van der Waals surface area contributed by atoms with Gasteiger partial charge in [-0.1, -0.05) is 0 Å². The average Bonchev–Trinajstić information content (AvgIpc) is 2.52. The third-order valence-corrected chi connectivity index (χ3v) is 3.43. The second kappa shape index (κ2) is 8.20. The van der Waals surface area contributed by atoms with Crippen LogP contribution in [0.5, 0.6) is 5.75 Å². The summed E-state index contributed by atoms with van der Waals surface area (Å²) >= 11 is 0. The van der Waals surface area contributed by atoms with Crippen LogP contribution in [0.1, 0.15) is 27.7 Å². The molecule has 2 N–H and O–H groups in total. The molecule has 144 valence electrons. The van der Waals surface area contributed by atoms with Gasteiger partial charge in [0.2, 0.25) is 11.7 Å². The zero-order valence-electron chi connectivity index (χ0n) is 15.5. The Morgan fingerprint density at radius 2 is 2.23 bits per heavy atom. The molecule has 1 fully saturated rings. The summed E-state index contributed by atoms with van der Waals surface area (Å²) in [5.74, 6) is -0.727. The maximum Gasteiger partial charge on any atom is 0.407 e. The maximum absolute atomic E-state index is 14.6. The summed E-state index contributed by atoms with van der Waals surface area (Å²) < 4.78 is 25.3. The van der Waals surface area contributed by atoms with Crippen molar-refractivity contribution in [1.82, 2.24) is 15.6 Å². The summed E-state index contributed by atoms with van der Waals surface area (Å²) in [5.41, 5.74) is -0.600. The molecule has 2 rings (SSSR count). The van der Waals surface area contributed by atoms with Crippen LogP contribution in [0.15, 0.2) is 12.3 Å². The van der Waals surface area contributed by atoms with Crippen LogP contribution < -0.4 is 20.3 Å². The molecular formula is C17H25FN4O4. The van der Waals surface area contributed by atoms with E-state index in [0.29, 0.717) is 13.1 Å². The number of amides is 2. The Hall–Kier alpha value is -2.58. The molecule has 1 aliphatic heterocycles. The Balaban J connectivity index is 1.94. The van der Waals surface area contributed by atoms with Gasteiger partial charge in [0.15, 0.2) is 11.6 Å². The van der Waals surface area contributed by atoms with Gasteiger partial charge in [0, 0.05) is 25.4 Å². The molecule has 1 aromatic heterocycles. The minimum absolute atomic E-state index is 0.0128. The van der Waals surface area contributed by atoms with Crippen molar-refractivity contribution in [2.45, 2.75) is 39.3 Å². The normalized spacial score (nSPS) is 15.9. The first-order valence-corrected chi connectivity index (χ1v) is 8.44. The molecule has 2 heterocycles. The lowest BCUT2D eigenvalue weighted by molar-refractivity contribution is -0.120. The zero-order valence-corrected chi connectivity index (χ0v) is 15.5. The van der Waals surface area contributed by atoms with Crippen molar-refractivity contribution < 1.29 is 23.5 Å². The quantitative estimate of drug-likeness (QED) is 0.817. The van der Waals surface area contributed by atoms with E-state index >= 15 is 0 Å². The number of nitrogens with one attached hydrogen (secondary N) is 2. The number of rotatable bonds is 5. The van der Waals surface area contributed by atoms with Gasteiger partial charge in [-0.3, -0.25) is 4.79 Å². The van der Waals surface area contributed by atoms with Gasteiger partial charge in [-0.15, -0.1) is 0 Å². The van der Waals surface area contributed by atoms with Gasteiger partial charge < -0.3 is 25.0 Å². The molecule has 2 amide bonds. The molecule has 1 saturated heterocycles. The second-order valence-corrected chi connectivity index (χ2v) is 7.08. The van der Waals surface area contributed by atoms with Crippen LogP contribution in [0.2, 0.25) is 0 Å². The van der Waals surface area contributed by atoms with E-state index < -0.39 is 17.5 Å². The lowest BCUT2D eigenvalue weighted by Gasteiger charge is -2.28. The third-order valence-electron chi connectivity index (χ3n) is 3.43. The third kappa shape index (κ3) is 5.75. The molecular weight excluding hydrogens is 343 g/mol. The van der Waals surface area contributed by atoms with Gasteiger partial charge in [0.05, 0.1) is 12.6 Å². The highest BCUT2D eigenvalue weighted by molar-refractivity contribution is 5.82. The van der Waals surface area contributed by atoms with Gasteiger partial charge in [0.25, 0.3) is 0 Å². The summed E-state index contributed by atoms with van der Waals surface area (Å²) in [7, 11) is 0. The highest BCUT2D eigenvalue weighted by Crippen LogP contribution is 2.25. The average molecular weight is 368 g/mol. The fourth-order valence-electron chi connectivity index (χ4n) is 2.33. The van der Waals surface area contributed by atoms with Crippen molar-refractivity contribution in [3.05, 3.63) is 18.1 Å². The van der Waals surface area contributed by atoms with Crippen LogP contribution in [0.25, 0.3) is 0 Å². The summed E-state index contributed by atoms with van der Waals surface area (Å²) in [5, 5.41) is 5.30. The number of piperazine rings is 1. The maximum atomic E-state index is 14.6. The van der Waals surface area contributed by atoms with E-state index in [0.717, 1.165) is 0 Å². The summed E-state index contributed by atoms with van der Waals surface area (Å²) in [6, 6.07) is 1.02. The Bertz CT molecular complexity index is 663. The minimum Gasteiger partial charge on any atom is -0.488 e. The molecule has 0 radical (unpaired) electrons. The Labute approximate surface area is 152 Å². The van der Waals surface area contributed by atoms with Crippen LogP contribution in [0, 0.1) is 5.82 Å². The van der Waals surface area contributed by atoms with Crippen LogP contribution >= 0.6 is 0 Å². The number of nitrogens with zero attached hydrogens (tertiary/aromatic N) is 2. The van der Waals surface area contributed by atoms with Crippen LogP contribution in [0.4, 0.5) is 15.0 Å². The molecule has 1 aromatic rings. The van der Waals surface area contributed by atoms with Crippen molar-refractivity contribution in [3.63, 3.8) is 0 Å². The lowest BCUT2D eigenvalue weighted by Crippen LogP contribution is -2.48. The molecule has 0 aromatic carbocycles. The van der Waals surface area contributed by atoms with E-state index in [1.54, 1.807) is 32.6 Å². The van der Waals surface area contributed by atoms with Crippen LogP contribution in [-0.2, 0) is 9.53 Å². The van der Waals surface area contributed by atoms with Crippen molar-refractivity contribution in [3.8, 4) is 5.75 Å². The van der Waals surface area contributed by atoms with E-state index in [4.69, 9.17) is 9.47 Å². The van der Waals surface area contributed by atoms with E-state index in [1.807, 2.05) is 0 Å². The van der Waals surface area contributed by atoms with Crippen molar-refractivity contribution >= 4 is 17.8 Å². The first-order valence-electron chi connectivity index (χ1n) is 8.44. The lowest BCUT2D eigenvalue weighted by atomic mass is 10.2. The predicted molar refractivity (Wildman–Crippen MR) is 93.7 cm³/mol. The second-order valence-electron chi connectivity index (χ2n) is 7.08. The monoisotopic (exact) mass is 368 g/mol. The van der Waals surface area contributed by atoms with E-state index in [-0.39, 0.29) is 36.7 Å². The van der Waals surface area contributed by atoms with Crippen molar-refractivity contribution in [1.29, 1.82) is 0 Å². The van der Waals surface area contributed by atoms with Crippen LogP contribution in [0.3, 0.4) is 0 Å². The number of ether oxygens (including phenoxy) is 2. The molecule has 0 bridgehead atoms. The summed E-state index contributed by atoms with van der Waals surface area (Å²) in [6.07, 6.45) is 0.857. The molecule has 9 heteroatoms. The first kappa shape index (κ1) is 19.7. The van der Waals surface area contributed by atoms with Crippen LogP contribution in [-0.4, -0.2) is 54.9 Å². The van der Waals surface area contributed by atoms with Gasteiger partial charge in [-0.05, 0) is 27.7 Å². The number of hydrogen-bond acceptors (Lipinski definition) is 6. The zero-order chi connectivity index (χ0) is 19.3. The van der Waals surface area contributed by atoms with Crippen molar-refractivity contribution in [2.75, 3.05) is 31.1 Å². The molecule has 1 unspecified atom stereocenters. The number of alkyl carbamates (subject to hydrolysis) is 1. The largest absolute Gasteiger partial charge is 0.488 e. The fraction of sp³-hybridized carbons (Fsp3) is 0.588. The summed E-state index contributed by atoms with van der Waals surface area (Å²) in [6.45, 7) is 8.02. The molecule has 1 aliphatic rings. The summed E-state index contributed by atoms with van der Waals surface area (Å²) in [4.78, 5) is 28.8. The number of aromatic nitrogens is 1. The predicted octanol–water partition coefficient (Wildman–Crippen LogP) is 1.45. The number of halogens is 1. The Morgan fingerprint density at radius 1 is 1.50 bits per heavy atom. The van der Waals surface area contributed by atoms with E-state index in [1.165, 1.54) is 12.3 Å². The number of carbonyl (C=O) groups is 2. The first-order chi connectivity index (χ1) is 12.2. The van der Waals surface area contributed by atoms with Gasteiger partial charge in [-0.25, -0.2) is 9.78 Å². The standard InChI is InChI=1S/C17H25FN4O4/c1-11(21-16(24)26-17(2,3)4)10-25-12-5-6-20-15(14(12)18)22-8-7-19-13(23)9-22/h5-6,11H,7-10H2,1-4H3,(H,19,23)(H,21,24). The topological polar surface area (TPSA) is 92.8 Å². The van der Waals surface area contributed by atoms with Crippen molar-refractivity contribution in [2.24, 2.45) is 0 Å². The highest BCUT2D eigenvalue weighted by Gasteiger charge is 2.23. The number of pyridine rings is 1. The van der Waals surface area contributed by atoms with E-state index in [9.17, 15) is 14.0 Å². The number of anilines is 1. The van der Waals surface area contributed by atoms with Gasteiger partial charge in [0.1, 0.15) is 12.2 Å². The smallest absolute Gasteiger partial charge is 0.407 e. The number of hydrogen-bond donors (Lipinski definition) is 2. The minimum atomic E-state index is -0.633. The fourth-order valence-corrected chi connectivity index (χ4v) is 2.33. The Kier molecular flexibility index (Phi) is 6.23. The van der Waals surface area contributed by atoms with Gasteiger partial charge in [-0.2, -0.15) is 4.39 Å². The van der Waals surface area contributed by atoms with Gasteiger partial charge >= 0.3 is 6.09 Å². The van der Waals surface area contributed by atoms with E-state index in [2.05, 4.69) is 15.6 Å². The SMILES string of the molecule is CC(COc1ccnc(N2CCNC(=O)C2)c1F)NC(=O)OC(C)(C)C. The number of carbonyl (C=O) groups excluding carboxylic acids is 2. The molecule has 8 nitrogen and oxygen atoms in total. The molecule has 0 aliphatic carbocycles.